The molecule has 6 heteroatoms. The van der Waals surface area contributed by atoms with Crippen molar-refractivity contribution >= 4 is 17.6 Å². The van der Waals surface area contributed by atoms with Crippen molar-refractivity contribution in [1.82, 2.24) is 9.97 Å². The SMILES string of the molecule is CCCCCCC(=O)N(C)c1cccc(-c2cnc(CCC(=O)O)nc2)c1. The fraction of sp³-hybridized carbons (Fsp3) is 0.429. The molecule has 0 unspecified atom stereocenters. The average molecular weight is 369 g/mol. The zero-order chi connectivity index (χ0) is 19.6. The van der Waals surface area contributed by atoms with Crippen LogP contribution in [0.1, 0.15) is 51.3 Å². The van der Waals surface area contributed by atoms with Gasteiger partial charge in [0.2, 0.25) is 5.91 Å². The van der Waals surface area contributed by atoms with Crippen LogP contribution in [0.4, 0.5) is 5.69 Å². The van der Waals surface area contributed by atoms with E-state index in [1.807, 2.05) is 24.3 Å². The standard InChI is InChI=1S/C21H27N3O3/c1-3-4-5-6-10-20(25)24(2)18-9-7-8-16(13-18)17-14-22-19(23-15-17)11-12-21(26)27/h7-9,13-15H,3-6,10-12H2,1-2H3,(H,26,27). The molecule has 0 atom stereocenters. The molecule has 0 fully saturated rings. The van der Waals surface area contributed by atoms with Gasteiger partial charge in [0.1, 0.15) is 5.82 Å². The van der Waals surface area contributed by atoms with E-state index in [2.05, 4.69) is 16.9 Å². The highest BCUT2D eigenvalue weighted by Crippen LogP contribution is 2.24. The summed E-state index contributed by atoms with van der Waals surface area (Å²) in [5.74, 6) is -0.238. The Labute approximate surface area is 160 Å². The van der Waals surface area contributed by atoms with Gasteiger partial charge in [0.05, 0.1) is 6.42 Å². The van der Waals surface area contributed by atoms with Crippen LogP contribution in [0.15, 0.2) is 36.7 Å². The summed E-state index contributed by atoms with van der Waals surface area (Å²) in [7, 11) is 1.80. The van der Waals surface area contributed by atoms with Gasteiger partial charge in [0, 0.05) is 43.5 Å². The van der Waals surface area contributed by atoms with Crippen molar-refractivity contribution in [2.75, 3.05) is 11.9 Å². The molecule has 2 aromatic rings. The number of nitrogens with zero attached hydrogens (tertiary/aromatic N) is 3. The second kappa shape index (κ2) is 10.4. The van der Waals surface area contributed by atoms with E-state index in [0.717, 1.165) is 42.5 Å². The van der Waals surface area contributed by atoms with Crippen molar-refractivity contribution in [2.45, 2.75) is 51.9 Å². The van der Waals surface area contributed by atoms with Crippen LogP contribution in [0.3, 0.4) is 0 Å². The third kappa shape index (κ3) is 6.47. The minimum atomic E-state index is -0.863. The zero-order valence-corrected chi connectivity index (χ0v) is 16.0. The fourth-order valence-corrected chi connectivity index (χ4v) is 2.76. The molecule has 0 saturated carbocycles. The van der Waals surface area contributed by atoms with Crippen LogP contribution in [0, 0.1) is 0 Å². The van der Waals surface area contributed by atoms with E-state index in [4.69, 9.17) is 5.11 Å². The molecule has 1 heterocycles. The molecular weight excluding hydrogens is 342 g/mol. The number of carboxylic acids is 1. The highest BCUT2D eigenvalue weighted by Gasteiger charge is 2.12. The molecule has 0 spiro atoms. The summed E-state index contributed by atoms with van der Waals surface area (Å²) in [6.45, 7) is 2.15. The van der Waals surface area contributed by atoms with E-state index in [9.17, 15) is 9.59 Å². The lowest BCUT2D eigenvalue weighted by Crippen LogP contribution is -2.25. The molecule has 2 rings (SSSR count). The molecule has 1 amide bonds. The molecule has 1 aromatic heterocycles. The van der Waals surface area contributed by atoms with Gasteiger partial charge in [0.25, 0.3) is 0 Å². The van der Waals surface area contributed by atoms with E-state index in [1.54, 1.807) is 24.3 Å². The lowest BCUT2D eigenvalue weighted by atomic mass is 10.1. The Kier molecular flexibility index (Phi) is 7.92. The Morgan fingerprint density at radius 2 is 1.78 bits per heavy atom. The summed E-state index contributed by atoms with van der Waals surface area (Å²) in [6.07, 6.45) is 8.58. The monoisotopic (exact) mass is 369 g/mol. The number of aromatic nitrogens is 2. The summed E-state index contributed by atoms with van der Waals surface area (Å²) in [5, 5.41) is 8.73. The number of amides is 1. The molecule has 6 nitrogen and oxygen atoms in total. The fourth-order valence-electron chi connectivity index (χ4n) is 2.76. The minimum Gasteiger partial charge on any atom is -0.481 e. The van der Waals surface area contributed by atoms with E-state index < -0.39 is 5.97 Å². The third-order valence-corrected chi connectivity index (χ3v) is 4.45. The number of hydrogen-bond donors (Lipinski definition) is 1. The summed E-state index contributed by atoms with van der Waals surface area (Å²) in [6, 6.07) is 7.71. The van der Waals surface area contributed by atoms with Crippen LogP contribution in [-0.2, 0) is 16.0 Å². The summed E-state index contributed by atoms with van der Waals surface area (Å²) >= 11 is 0. The number of aliphatic carboxylic acids is 1. The average Bonchev–Trinajstić information content (AvgIpc) is 2.69. The molecule has 0 aliphatic heterocycles. The summed E-state index contributed by atoms with van der Waals surface area (Å²) in [4.78, 5) is 33.2. The topological polar surface area (TPSA) is 83.4 Å². The first kappa shape index (κ1) is 20.6. The number of hydrogen-bond acceptors (Lipinski definition) is 4. The Morgan fingerprint density at radius 1 is 1.04 bits per heavy atom. The molecule has 0 bridgehead atoms. The van der Waals surface area contributed by atoms with Gasteiger partial charge in [-0.3, -0.25) is 9.59 Å². The van der Waals surface area contributed by atoms with Gasteiger partial charge in [0.15, 0.2) is 0 Å². The lowest BCUT2D eigenvalue weighted by Gasteiger charge is -2.18. The van der Waals surface area contributed by atoms with Crippen molar-refractivity contribution in [3.8, 4) is 11.1 Å². The van der Waals surface area contributed by atoms with Crippen LogP contribution in [-0.4, -0.2) is 34.0 Å². The molecule has 0 aliphatic carbocycles. The quantitative estimate of drug-likeness (QED) is 0.638. The highest BCUT2D eigenvalue weighted by molar-refractivity contribution is 5.93. The van der Waals surface area contributed by atoms with Crippen LogP contribution in [0.2, 0.25) is 0 Å². The van der Waals surface area contributed by atoms with Gasteiger partial charge < -0.3 is 10.0 Å². The maximum absolute atomic E-state index is 12.4. The molecule has 27 heavy (non-hydrogen) atoms. The Hall–Kier alpha value is -2.76. The van der Waals surface area contributed by atoms with Crippen LogP contribution in [0.25, 0.3) is 11.1 Å². The van der Waals surface area contributed by atoms with Gasteiger partial charge in [-0.25, -0.2) is 9.97 Å². The van der Waals surface area contributed by atoms with E-state index in [-0.39, 0.29) is 12.3 Å². The lowest BCUT2D eigenvalue weighted by molar-refractivity contribution is -0.137. The molecule has 0 saturated heterocycles. The first-order chi connectivity index (χ1) is 13.0. The number of aryl methyl sites for hydroxylation is 1. The number of anilines is 1. The van der Waals surface area contributed by atoms with E-state index >= 15 is 0 Å². The molecule has 0 aliphatic rings. The number of rotatable bonds is 10. The number of carboxylic acid groups (broad SMARTS) is 1. The molecular formula is C21H27N3O3. The number of unbranched alkanes of at least 4 members (excludes halogenated alkanes) is 3. The molecule has 1 N–H and O–H groups in total. The molecule has 1 aromatic carbocycles. The maximum atomic E-state index is 12.4. The van der Waals surface area contributed by atoms with Crippen LogP contribution >= 0.6 is 0 Å². The van der Waals surface area contributed by atoms with Gasteiger partial charge >= 0.3 is 5.97 Å². The Balaban J connectivity index is 2.03. The predicted molar refractivity (Wildman–Crippen MR) is 106 cm³/mol. The first-order valence-electron chi connectivity index (χ1n) is 9.41. The molecule has 144 valence electrons. The number of benzene rings is 1. The van der Waals surface area contributed by atoms with Crippen molar-refractivity contribution < 1.29 is 14.7 Å². The van der Waals surface area contributed by atoms with E-state index in [1.165, 1.54) is 0 Å². The number of carbonyl (C=O) groups is 2. The van der Waals surface area contributed by atoms with Gasteiger partial charge in [-0.15, -0.1) is 0 Å². The van der Waals surface area contributed by atoms with Crippen molar-refractivity contribution in [3.05, 3.63) is 42.5 Å². The normalized spacial score (nSPS) is 10.6. The summed E-state index contributed by atoms with van der Waals surface area (Å²) in [5.41, 5.74) is 2.59. The number of carbonyl (C=O) groups excluding carboxylic acids is 1. The summed E-state index contributed by atoms with van der Waals surface area (Å²) < 4.78 is 0. The first-order valence-corrected chi connectivity index (χ1v) is 9.41. The second-order valence-corrected chi connectivity index (χ2v) is 6.60. The van der Waals surface area contributed by atoms with Crippen molar-refractivity contribution in [1.29, 1.82) is 0 Å². The van der Waals surface area contributed by atoms with Crippen LogP contribution < -0.4 is 4.90 Å². The smallest absolute Gasteiger partial charge is 0.303 e. The molecule has 0 radical (unpaired) electrons. The van der Waals surface area contributed by atoms with Crippen molar-refractivity contribution in [3.63, 3.8) is 0 Å². The predicted octanol–water partition coefficient (Wildman–Crippen LogP) is 4.09. The minimum absolute atomic E-state index is 0.0139. The van der Waals surface area contributed by atoms with Gasteiger partial charge in [-0.2, -0.15) is 0 Å². The van der Waals surface area contributed by atoms with Crippen LogP contribution in [0.5, 0.6) is 0 Å². The second-order valence-electron chi connectivity index (χ2n) is 6.60. The van der Waals surface area contributed by atoms with Crippen molar-refractivity contribution in [2.24, 2.45) is 0 Å². The van der Waals surface area contributed by atoms with Gasteiger partial charge in [-0.1, -0.05) is 38.3 Å². The largest absolute Gasteiger partial charge is 0.481 e. The van der Waals surface area contributed by atoms with Gasteiger partial charge in [-0.05, 0) is 24.1 Å². The zero-order valence-electron chi connectivity index (χ0n) is 16.0. The highest BCUT2D eigenvalue weighted by atomic mass is 16.4. The maximum Gasteiger partial charge on any atom is 0.303 e. The Bertz CT molecular complexity index is 760. The third-order valence-electron chi connectivity index (χ3n) is 4.45. The van der Waals surface area contributed by atoms with E-state index in [0.29, 0.717) is 18.7 Å². The Morgan fingerprint density at radius 3 is 2.44 bits per heavy atom.